The number of nitrogens with zero attached hydrogens (tertiary/aromatic N) is 3. The molecular formula is C22H24N4O3. The largest absolute Gasteiger partial charge is 0.481 e. The predicted octanol–water partition coefficient (Wildman–Crippen LogP) is 3.32. The van der Waals surface area contributed by atoms with Crippen LogP contribution >= 0.6 is 0 Å². The number of nitrogens with one attached hydrogen (secondary N) is 1. The molecule has 2 heterocycles. The van der Waals surface area contributed by atoms with E-state index in [1.54, 1.807) is 4.68 Å². The van der Waals surface area contributed by atoms with Gasteiger partial charge in [-0.1, -0.05) is 30.3 Å². The van der Waals surface area contributed by atoms with Crippen molar-refractivity contribution in [3.63, 3.8) is 0 Å². The maximum atomic E-state index is 13.2. The molecule has 7 nitrogen and oxygen atoms in total. The van der Waals surface area contributed by atoms with E-state index in [0.29, 0.717) is 36.9 Å². The lowest BCUT2D eigenvalue weighted by Crippen LogP contribution is -2.38. The summed E-state index contributed by atoms with van der Waals surface area (Å²) in [5.41, 5.74) is 3.64. The molecule has 29 heavy (non-hydrogen) atoms. The van der Waals surface area contributed by atoms with Gasteiger partial charge in [0.25, 0.3) is 5.91 Å². The van der Waals surface area contributed by atoms with Crippen LogP contribution in [0.5, 0.6) is 0 Å². The summed E-state index contributed by atoms with van der Waals surface area (Å²) in [4.78, 5) is 29.1. The van der Waals surface area contributed by atoms with E-state index >= 15 is 0 Å². The van der Waals surface area contributed by atoms with Gasteiger partial charge in [-0.05, 0) is 38.7 Å². The molecule has 3 aromatic rings. The Morgan fingerprint density at radius 3 is 2.48 bits per heavy atom. The van der Waals surface area contributed by atoms with Gasteiger partial charge in [-0.25, -0.2) is 4.98 Å². The Morgan fingerprint density at radius 1 is 1.14 bits per heavy atom. The Labute approximate surface area is 168 Å². The van der Waals surface area contributed by atoms with E-state index in [2.05, 4.69) is 10.4 Å². The summed E-state index contributed by atoms with van der Waals surface area (Å²) >= 11 is 0. The van der Waals surface area contributed by atoms with Gasteiger partial charge in [-0.2, -0.15) is 5.10 Å². The van der Waals surface area contributed by atoms with Gasteiger partial charge in [0.2, 0.25) is 0 Å². The third-order valence-electron chi connectivity index (χ3n) is 5.69. The molecule has 0 bridgehead atoms. The maximum Gasteiger partial charge on any atom is 0.306 e. The van der Waals surface area contributed by atoms with Crippen molar-refractivity contribution in [1.82, 2.24) is 20.1 Å². The first-order valence-corrected chi connectivity index (χ1v) is 9.87. The molecule has 1 saturated carbocycles. The fraction of sp³-hybridized carbons (Fsp3) is 0.364. The number of aromatic nitrogens is 3. The zero-order chi connectivity index (χ0) is 20.5. The molecule has 1 aliphatic rings. The third kappa shape index (κ3) is 3.72. The molecule has 0 spiro atoms. The molecule has 2 aromatic heterocycles. The first kappa shape index (κ1) is 19.1. The minimum Gasteiger partial charge on any atom is -0.481 e. The summed E-state index contributed by atoms with van der Waals surface area (Å²) < 4.78 is 1.70. The fourth-order valence-corrected chi connectivity index (χ4v) is 4.13. The van der Waals surface area contributed by atoms with Crippen molar-refractivity contribution >= 4 is 22.9 Å². The molecule has 0 saturated heterocycles. The Hall–Kier alpha value is -3.22. The number of aliphatic carboxylic acids is 1. The highest BCUT2D eigenvalue weighted by molar-refractivity contribution is 6.07. The molecule has 0 atom stereocenters. The fourth-order valence-electron chi connectivity index (χ4n) is 4.13. The molecule has 0 aliphatic heterocycles. The second kappa shape index (κ2) is 7.66. The number of aryl methyl sites for hydroxylation is 2. The number of fused-ring (bicyclic) bond motifs is 1. The number of benzene rings is 1. The van der Waals surface area contributed by atoms with Crippen molar-refractivity contribution in [3.05, 3.63) is 47.7 Å². The number of carbonyl (C=O) groups is 2. The smallest absolute Gasteiger partial charge is 0.306 e. The van der Waals surface area contributed by atoms with Crippen molar-refractivity contribution < 1.29 is 14.7 Å². The molecule has 0 unspecified atom stereocenters. The van der Waals surface area contributed by atoms with E-state index < -0.39 is 5.97 Å². The van der Waals surface area contributed by atoms with Crippen LogP contribution in [0.4, 0.5) is 0 Å². The van der Waals surface area contributed by atoms with Crippen LogP contribution in [-0.2, 0) is 11.8 Å². The van der Waals surface area contributed by atoms with Crippen LogP contribution in [0.2, 0.25) is 0 Å². The molecule has 1 amide bonds. The molecule has 1 aromatic carbocycles. The molecule has 2 N–H and O–H groups in total. The van der Waals surface area contributed by atoms with E-state index in [9.17, 15) is 14.7 Å². The molecule has 150 valence electrons. The Morgan fingerprint density at radius 2 is 1.83 bits per heavy atom. The lowest BCUT2D eigenvalue weighted by Gasteiger charge is -2.27. The minimum atomic E-state index is -0.746. The summed E-state index contributed by atoms with van der Waals surface area (Å²) in [6, 6.07) is 11.6. The van der Waals surface area contributed by atoms with Crippen molar-refractivity contribution in [1.29, 1.82) is 0 Å². The number of rotatable bonds is 4. The Balaban J connectivity index is 1.67. The van der Waals surface area contributed by atoms with Gasteiger partial charge in [0, 0.05) is 18.7 Å². The molecule has 1 fully saturated rings. The highest BCUT2D eigenvalue weighted by atomic mass is 16.4. The Kier molecular flexibility index (Phi) is 5.05. The summed E-state index contributed by atoms with van der Waals surface area (Å²) in [5, 5.41) is 17.5. The second-order valence-electron chi connectivity index (χ2n) is 7.69. The van der Waals surface area contributed by atoms with Crippen LogP contribution in [0.3, 0.4) is 0 Å². The first-order chi connectivity index (χ1) is 13.9. The highest BCUT2D eigenvalue weighted by Crippen LogP contribution is 2.28. The highest BCUT2D eigenvalue weighted by Gasteiger charge is 2.28. The number of carboxylic acid groups (broad SMARTS) is 1. The predicted molar refractivity (Wildman–Crippen MR) is 110 cm³/mol. The van der Waals surface area contributed by atoms with Crippen LogP contribution in [0.1, 0.15) is 41.7 Å². The van der Waals surface area contributed by atoms with Crippen LogP contribution in [0, 0.1) is 12.8 Å². The molecule has 0 radical (unpaired) electrons. The molecule has 7 heteroatoms. The zero-order valence-corrected chi connectivity index (χ0v) is 16.6. The lowest BCUT2D eigenvalue weighted by molar-refractivity contribution is -0.142. The monoisotopic (exact) mass is 392 g/mol. The van der Waals surface area contributed by atoms with Crippen LogP contribution in [0.25, 0.3) is 22.3 Å². The van der Waals surface area contributed by atoms with Crippen LogP contribution in [-0.4, -0.2) is 37.8 Å². The normalized spacial score (nSPS) is 19.2. The van der Waals surface area contributed by atoms with E-state index in [-0.39, 0.29) is 17.9 Å². The average molecular weight is 392 g/mol. The standard InChI is InChI=1S/C22H24N4O3/c1-13-19-17(21(27)23-16-10-8-15(9-11-16)22(28)29)12-18(14-6-4-3-5-7-14)24-20(19)26(2)25-13/h3-7,12,15-16H,8-11H2,1-2H3,(H,23,27)(H,28,29). The second-order valence-corrected chi connectivity index (χ2v) is 7.69. The molecule has 4 rings (SSSR count). The van der Waals surface area contributed by atoms with Gasteiger partial charge in [0.05, 0.1) is 28.3 Å². The maximum absolute atomic E-state index is 13.2. The number of carboxylic acids is 1. The minimum absolute atomic E-state index is 0.0153. The summed E-state index contributed by atoms with van der Waals surface area (Å²) in [6.45, 7) is 1.88. The number of amides is 1. The SMILES string of the molecule is Cc1nn(C)c2nc(-c3ccccc3)cc(C(=O)NC3CCC(C(=O)O)CC3)c12. The summed E-state index contributed by atoms with van der Waals surface area (Å²) in [6.07, 6.45) is 2.53. The number of carbonyl (C=O) groups excluding carboxylic acids is 1. The van der Waals surface area contributed by atoms with E-state index in [0.717, 1.165) is 22.3 Å². The topological polar surface area (TPSA) is 97.1 Å². The number of pyridine rings is 1. The summed E-state index contributed by atoms with van der Waals surface area (Å²) in [5.74, 6) is -1.21. The zero-order valence-electron chi connectivity index (χ0n) is 16.6. The first-order valence-electron chi connectivity index (χ1n) is 9.87. The van der Waals surface area contributed by atoms with E-state index in [1.807, 2.05) is 50.4 Å². The van der Waals surface area contributed by atoms with Crippen LogP contribution < -0.4 is 5.32 Å². The average Bonchev–Trinajstić information content (AvgIpc) is 3.02. The Bertz CT molecular complexity index is 1070. The quantitative estimate of drug-likeness (QED) is 0.710. The number of hydrogen-bond donors (Lipinski definition) is 2. The van der Waals surface area contributed by atoms with Crippen molar-refractivity contribution in [2.24, 2.45) is 13.0 Å². The molecular weight excluding hydrogens is 368 g/mol. The van der Waals surface area contributed by atoms with Gasteiger partial charge >= 0.3 is 5.97 Å². The van der Waals surface area contributed by atoms with Gasteiger partial charge in [-0.3, -0.25) is 14.3 Å². The van der Waals surface area contributed by atoms with Gasteiger partial charge in [-0.15, -0.1) is 0 Å². The van der Waals surface area contributed by atoms with E-state index in [1.165, 1.54) is 0 Å². The van der Waals surface area contributed by atoms with Gasteiger partial charge < -0.3 is 10.4 Å². The van der Waals surface area contributed by atoms with Gasteiger partial charge in [0.15, 0.2) is 5.65 Å². The molecule has 1 aliphatic carbocycles. The van der Waals surface area contributed by atoms with Crippen molar-refractivity contribution in [2.75, 3.05) is 0 Å². The van der Waals surface area contributed by atoms with Gasteiger partial charge in [0.1, 0.15) is 0 Å². The summed E-state index contributed by atoms with van der Waals surface area (Å²) in [7, 11) is 1.83. The third-order valence-corrected chi connectivity index (χ3v) is 5.69. The lowest BCUT2D eigenvalue weighted by atomic mass is 9.86. The van der Waals surface area contributed by atoms with Crippen molar-refractivity contribution in [3.8, 4) is 11.3 Å². The number of hydrogen-bond acceptors (Lipinski definition) is 4. The van der Waals surface area contributed by atoms with E-state index in [4.69, 9.17) is 4.98 Å². The van der Waals surface area contributed by atoms with Crippen LogP contribution in [0.15, 0.2) is 36.4 Å². The van der Waals surface area contributed by atoms with Crippen molar-refractivity contribution in [2.45, 2.75) is 38.6 Å².